The van der Waals surface area contributed by atoms with Crippen LogP contribution >= 0.6 is 0 Å². The molecule has 0 aliphatic rings. The summed E-state index contributed by atoms with van der Waals surface area (Å²) >= 11 is 0. The van der Waals surface area contributed by atoms with Gasteiger partial charge < -0.3 is 15.6 Å². The van der Waals surface area contributed by atoms with Crippen molar-refractivity contribution in [1.82, 2.24) is 0 Å². The van der Waals surface area contributed by atoms with E-state index in [0.717, 1.165) is 0 Å². The van der Waals surface area contributed by atoms with Crippen LogP contribution in [0.3, 0.4) is 0 Å². The monoisotopic (exact) mass is 203 g/mol. The van der Waals surface area contributed by atoms with Crippen LogP contribution in [0.4, 0.5) is 0 Å². The van der Waals surface area contributed by atoms with Crippen molar-refractivity contribution in [1.29, 1.82) is 0 Å². The van der Waals surface area contributed by atoms with E-state index in [4.69, 9.17) is 10.8 Å². The molecule has 0 radical (unpaired) electrons. The summed E-state index contributed by atoms with van der Waals surface area (Å²) in [6, 6.07) is 0. The number of aliphatic hydroxyl groups is 1. The maximum absolute atomic E-state index is 10.1. The van der Waals surface area contributed by atoms with Gasteiger partial charge >= 0.3 is 5.97 Å². The van der Waals surface area contributed by atoms with Crippen molar-refractivity contribution in [3.63, 3.8) is 0 Å². The normalized spacial score (nSPS) is 9.86. The molecular formula is C9H17NO4. The van der Waals surface area contributed by atoms with Gasteiger partial charge in [0.2, 0.25) is 5.91 Å². The predicted molar refractivity (Wildman–Crippen MR) is 52.3 cm³/mol. The van der Waals surface area contributed by atoms with Crippen molar-refractivity contribution >= 4 is 11.9 Å². The molecule has 0 aromatic heterocycles. The molecule has 5 heteroatoms. The van der Waals surface area contributed by atoms with Crippen molar-refractivity contribution in [2.24, 2.45) is 5.73 Å². The van der Waals surface area contributed by atoms with Gasteiger partial charge in [0, 0.05) is 5.57 Å². The van der Waals surface area contributed by atoms with Crippen LogP contribution in [0.1, 0.15) is 20.8 Å². The number of amides is 1. The Balaban J connectivity index is 0. The number of ether oxygens (including phenoxy) is 1. The highest BCUT2D eigenvalue weighted by Crippen LogP contribution is 1.85. The number of hydrogen-bond acceptors (Lipinski definition) is 4. The van der Waals surface area contributed by atoms with Crippen LogP contribution in [-0.4, -0.2) is 30.2 Å². The molecule has 14 heavy (non-hydrogen) atoms. The second-order valence-corrected chi connectivity index (χ2v) is 2.30. The van der Waals surface area contributed by atoms with Gasteiger partial charge in [-0.05, 0) is 20.8 Å². The summed E-state index contributed by atoms with van der Waals surface area (Å²) in [4.78, 5) is 20.0. The second-order valence-electron chi connectivity index (χ2n) is 2.30. The van der Waals surface area contributed by atoms with Gasteiger partial charge in [-0.2, -0.15) is 0 Å². The average molecular weight is 203 g/mol. The highest BCUT2D eigenvalue weighted by Gasteiger charge is 1.92. The fourth-order valence-corrected chi connectivity index (χ4v) is 0.349. The van der Waals surface area contributed by atoms with Gasteiger partial charge in [0.05, 0.1) is 6.61 Å². The van der Waals surface area contributed by atoms with Gasteiger partial charge in [-0.15, -0.1) is 0 Å². The lowest BCUT2D eigenvalue weighted by Crippen LogP contribution is -2.10. The Bertz CT molecular complexity index is 211. The SMILES string of the molecule is CC=C(C)C(N)=O.CCOC(=O)CO. The molecule has 0 spiro atoms. The first-order valence-corrected chi connectivity index (χ1v) is 4.18. The minimum atomic E-state index is -0.567. The molecule has 0 atom stereocenters. The minimum Gasteiger partial charge on any atom is -0.464 e. The zero-order valence-corrected chi connectivity index (χ0v) is 8.74. The molecule has 0 unspecified atom stereocenters. The van der Waals surface area contributed by atoms with Crippen LogP contribution < -0.4 is 5.73 Å². The van der Waals surface area contributed by atoms with E-state index < -0.39 is 12.6 Å². The van der Waals surface area contributed by atoms with E-state index in [1.807, 2.05) is 0 Å². The summed E-state index contributed by atoms with van der Waals surface area (Å²) < 4.78 is 4.30. The summed E-state index contributed by atoms with van der Waals surface area (Å²) in [7, 11) is 0. The maximum Gasteiger partial charge on any atom is 0.331 e. The number of allylic oxidation sites excluding steroid dienone is 1. The average Bonchev–Trinajstić information content (AvgIpc) is 2.17. The molecule has 0 fully saturated rings. The molecule has 3 N–H and O–H groups in total. The molecule has 0 aromatic carbocycles. The van der Waals surface area contributed by atoms with Crippen molar-refractivity contribution in [3.05, 3.63) is 11.6 Å². The van der Waals surface area contributed by atoms with E-state index in [9.17, 15) is 9.59 Å². The third-order valence-electron chi connectivity index (χ3n) is 1.26. The molecule has 0 heterocycles. The van der Waals surface area contributed by atoms with Gasteiger partial charge in [-0.25, -0.2) is 4.79 Å². The van der Waals surface area contributed by atoms with Gasteiger partial charge in [0.15, 0.2) is 0 Å². The first-order chi connectivity index (χ1) is 6.49. The Kier molecular flexibility index (Phi) is 10.5. The van der Waals surface area contributed by atoms with Gasteiger partial charge in [0.1, 0.15) is 6.61 Å². The second kappa shape index (κ2) is 9.73. The number of aliphatic hydroxyl groups excluding tert-OH is 1. The number of nitrogens with two attached hydrogens (primary N) is 1. The van der Waals surface area contributed by atoms with E-state index in [1.165, 1.54) is 0 Å². The molecule has 1 amide bonds. The summed E-state index contributed by atoms with van der Waals surface area (Å²) in [5.41, 5.74) is 5.45. The number of primary amides is 1. The Labute approximate surface area is 83.5 Å². The van der Waals surface area contributed by atoms with Crippen LogP contribution in [0.15, 0.2) is 11.6 Å². The van der Waals surface area contributed by atoms with Crippen molar-refractivity contribution in [2.75, 3.05) is 13.2 Å². The molecule has 0 saturated heterocycles. The first-order valence-electron chi connectivity index (χ1n) is 4.18. The number of esters is 1. The van der Waals surface area contributed by atoms with E-state index >= 15 is 0 Å². The van der Waals surface area contributed by atoms with Crippen LogP contribution in [0.25, 0.3) is 0 Å². The lowest BCUT2D eigenvalue weighted by molar-refractivity contribution is -0.146. The minimum absolute atomic E-state index is 0.333. The lowest BCUT2D eigenvalue weighted by atomic mass is 10.3. The molecule has 0 saturated carbocycles. The molecule has 0 rings (SSSR count). The summed E-state index contributed by atoms with van der Waals surface area (Å²) in [6.07, 6.45) is 1.68. The van der Waals surface area contributed by atoms with Crippen LogP contribution in [-0.2, 0) is 14.3 Å². The third-order valence-corrected chi connectivity index (χ3v) is 1.26. The summed E-state index contributed by atoms with van der Waals surface area (Å²) in [5, 5.41) is 7.99. The topological polar surface area (TPSA) is 89.6 Å². The molecule has 82 valence electrons. The Morgan fingerprint density at radius 3 is 2.07 bits per heavy atom. The quantitative estimate of drug-likeness (QED) is 0.498. The molecule has 0 bridgehead atoms. The van der Waals surface area contributed by atoms with Crippen LogP contribution in [0.2, 0.25) is 0 Å². The smallest absolute Gasteiger partial charge is 0.331 e. The van der Waals surface area contributed by atoms with Gasteiger partial charge in [-0.1, -0.05) is 6.08 Å². The third kappa shape index (κ3) is 10.6. The Hall–Kier alpha value is -1.36. The highest BCUT2D eigenvalue weighted by molar-refractivity contribution is 5.91. The van der Waals surface area contributed by atoms with Crippen molar-refractivity contribution in [2.45, 2.75) is 20.8 Å². The summed E-state index contributed by atoms with van der Waals surface area (Å²) in [5.74, 6) is -0.912. The van der Waals surface area contributed by atoms with Gasteiger partial charge in [-0.3, -0.25) is 4.79 Å². The number of hydrogen-bond donors (Lipinski definition) is 2. The highest BCUT2D eigenvalue weighted by atomic mass is 16.5. The Morgan fingerprint density at radius 2 is 2.00 bits per heavy atom. The van der Waals surface area contributed by atoms with E-state index in [0.29, 0.717) is 12.2 Å². The molecular weight excluding hydrogens is 186 g/mol. The zero-order chi connectivity index (χ0) is 11.6. The molecule has 0 aliphatic carbocycles. The zero-order valence-electron chi connectivity index (χ0n) is 8.74. The van der Waals surface area contributed by atoms with Crippen molar-refractivity contribution in [3.8, 4) is 0 Å². The summed E-state index contributed by atoms with van der Waals surface area (Å²) in [6.45, 7) is 4.96. The maximum atomic E-state index is 10.1. The molecule has 0 aromatic rings. The van der Waals surface area contributed by atoms with E-state index in [-0.39, 0.29) is 5.91 Å². The standard InChI is InChI=1S/C5H9NO.C4H8O3/c1-3-4(2)5(6)7;1-2-7-4(6)3-5/h3H,1-2H3,(H2,6,7);5H,2-3H2,1H3. The first kappa shape index (κ1) is 15.1. The predicted octanol–water partition coefficient (Wildman–Crippen LogP) is -0.0203. The van der Waals surface area contributed by atoms with E-state index in [2.05, 4.69) is 4.74 Å². The number of carbonyl (C=O) groups excluding carboxylic acids is 2. The fraction of sp³-hybridized carbons (Fsp3) is 0.556. The number of rotatable bonds is 3. The lowest BCUT2D eigenvalue weighted by Gasteiger charge is -1.93. The van der Waals surface area contributed by atoms with Crippen LogP contribution in [0.5, 0.6) is 0 Å². The Morgan fingerprint density at radius 1 is 1.50 bits per heavy atom. The number of carbonyl (C=O) groups is 2. The fourth-order valence-electron chi connectivity index (χ4n) is 0.349. The van der Waals surface area contributed by atoms with E-state index in [1.54, 1.807) is 26.8 Å². The van der Waals surface area contributed by atoms with Crippen molar-refractivity contribution < 1.29 is 19.4 Å². The largest absolute Gasteiger partial charge is 0.464 e. The van der Waals surface area contributed by atoms with Gasteiger partial charge in [0.25, 0.3) is 0 Å². The molecule has 0 aliphatic heterocycles. The molecule has 5 nitrogen and oxygen atoms in total. The van der Waals surface area contributed by atoms with Crippen LogP contribution in [0, 0.1) is 0 Å².